The van der Waals surface area contributed by atoms with Gasteiger partial charge in [-0.3, -0.25) is 19.5 Å². The zero-order valence-electron chi connectivity index (χ0n) is 14.6. The number of guanidine groups is 1. The van der Waals surface area contributed by atoms with Crippen molar-refractivity contribution in [3.05, 3.63) is 35.4 Å². The SMILES string of the molecule is NC(=NCCCCN1C(=O)c2ccccc2C1=O)N1CCCCCC1. The number of rotatable bonds is 5. The van der Waals surface area contributed by atoms with Gasteiger partial charge in [0.15, 0.2) is 5.96 Å². The van der Waals surface area contributed by atoms with Crippen molar-refractivity contribution in [2.45, 2.75) is 38.5 Å². The summed E-state index contributed by atoms with van der Waals surface area (Å²) in [7, 11) is 0. The number of unbranched alkanes of at least 4 members (excludes halogenated alkanes) is 1. The predicted molar refractivity (Wildman–Crippen MR) is 97.6 cm³/mol. The molecule has 0 spiro atoms. The molecule has 0 aromatic heterocycles. The van der Waals surface area contributed by atoms with Gasteiger partial charge in [0.1, 0.15) is 0 Å². The van der Waals surface area contributed by atoms with E-state index in [0.29, 0.717) is 30.2 Å². The Balaban J connectivity index is 1.44. The Morgan fingerprint density at radius 3 is 2.16 bits per heavy atom. The largest absolute Gasteiger partial charge is 0.370 e. The Labute approximate surface area is 148 Å². The third-order valence-corrected chi connectivity index (χ3v) is 4.87. The molecular formula is C19H26N4O2. The molecule has 6 nitrogen and oxygen atoms in total. The fourth-order valence-electron chi connectivity index (χ4n) is 3.42. The summed E-state index contributed by atoms with van der Waals surface area (Å²) >= 11 is 0. The van der Waals surface area contributed by atoms with Crippen molar-refractivity contribution in [3.8, 4) is 0 Å². The third kappa shape index (κ3) is 4.00. The summed E-state index contributed by atoms with van der Waals surface area (Å²) in [6, 6.07) is 6.99. The number of aliphatic imine (C=N–C) groups is 1. The predicted octanol–water partition coefficient (Wildman–Crippen LogP) is 2.25. The number of fused-ring (bicyclic) bond motifs is 1. The van der Waals surface area contributed by atoms with Crippen LogP contribution in [0, 0.1) is 0 Å². The topological polar surface area (TPSA) is 79.0 Å². The highest BCUT2D eigenvalue weighted by Crippen LogP contribution is 2.22. The Morgan fingerprint density at radius 1 is 0.960 bits per heavy atom. The summed E-state index contributed by atoms with van der Waals surface area (Å²) < 4.78 is 0. The van der Waals surface area contributed by atoms with Crippen LogP contribution in [-0.4, -0.2) is 53.8 Å². The van der Waals surface area contributed by atoms with E-state index >= 15 is 0 Å². The van der Waals surface area contributed by atoms with Gasteiger partial charge in [0.2, 0.25) is 0 Å². The number of nitrogens with two attached hydrogens (primary N) is 1. The first-order valence-corrected chi connectivity index (χ1v) is 9.18. The molecule has 2 amide bonds. The van der Waals surface area contributed by atoms with Gasteiger partial charge in [-0.1, -0.05) is 25.0 Å². The highest BCUT2D eigenvalue weighted by molar-refractivity contribution is 6.21. The number of benzene rings is 1. The number of amides is 2. The van der Waals surface area contributed by atoms with Crippen LogP contribution in [0.25, 0.3) is 0 Å². The van der Waals surface area contributed by atoms with Gasteiger partial charge in [-0.15, -0.1) is 0 Å². The lowest BCUT2D eigenvalue weighted by Gasteiger charge is -2.21. The Bertz CT molecular complexity index is 628. The molecule has 134 valence electrons. The maximum absolute atomic E-state index is 12.3. The minimum absolute atomic E-state index is 0.187. The molecule has 0 atom stereocenters. The van der Waals surface area contributed by atoms with E-state index < -0.39 is 0 Å². The summed E-state index contributed by atoms with van der Waals surface area (Å²) in [6.45, 7) is 3.05. The summed E-state index contributed by atoms with van der Waals surface area (Å²) in [5.74, 6) is 0.254. The highest BCUT2D eigenvalue weighted by atomic mass is 16.2. The molecule has 0 aliphatic carbocycles. The quantitative estimate of drug-likeness (QED) is 0.385. The number of imide groups is 1. The van der Waals surface area contributed by atoms with E-state index in [1.165, 1.54) is 30.6 Å². The lowest BCUT2D eigenvalue weighted by molar-refractivity contribution is 0.0652. The minimum atomic E-state index is -0.187. The molecule has 0 bridgehead atoms. The van der Waals surface area contributed by atoms with E-state index in [0.717, 1.165) is 25.9 Å². The smallest absolute Gasteiger partial charge is 0.261 e. The van der Waals surface area contributed by atoms with Crippen LogP contribution in [0.5, 0.6) is 0 Å². The van der Waals surface area contributed by atoms with Crippen molar-refractivity contribution in [2.75, 3.05) is 26.2 Å². The van der Waals surface area contributed by atoms with Gasteiger partial charge >= 0.3 is 0 Å². The van der Waals surface area contributed by atoms with Gasteiger partial charge in [-0.2, -0.15) is 0 Å². The van der Waals surface area contributed by atoms with E-state index in [-0.39, 0.29) is 11.8 Å². The number of carbonyl (C=O) groups excluding carboxylic acids is 2. The van der Waals surface area contributed by atoms with Gasteiger partial charge in [-0.25, -0.2) is 0 Å². The second kappa shape index (κ2) is 8.14. The molecule has 2 aliphatic heterocycles. The molecule has 1 fully saturated rings. The summed E-state index contributed by atoms with van der Waals surface area (Å²) in [6.07, 6.45) is 6.43. The van der Waals surface area contributed by atoms with Crippen molar-refractivity contribution in [3.63, 3.8) is 0 Å². The highest BCUT2D eigenvalue weighted by Gasteiger charge is 2.34. The lowest BCUT2D eigenvalue weighted by atomic mass is 10.1. The third-order valence-electron chi connectivity index (χ3n) is 4.87. The molecule has 1 saturated heterocycles. The molecule has 0 unspecified atom stereocenters. The second-order valence-corrected chi connectivity index (χ2v) is 6.66. The van der Waals surface area contributed by atoms with Gasteiger partial charge in [-0.05, 0) is 37.8 Å². The van der Waals surface area contributed by atoms with Crippen molar-refractivity contribution in [1.82, 2.24) is 9.80 Å². The van der Waals surface area contributed by atoms with Crippen LogP contribution in [0.3, 0.4) is 0 Å². The molecule has 1 aromatic carbocycles. The van der Waals surface area contributed by atoms with Crippen LogP contribution >= 0.6 is 0 Å². The molecule has 2 heterocycles. The van der Waals surface area contributed by atoms with Crippen LogP contribution < -0.4 is 5.73 Å². The van der Waals surface area contributed by atoms with Crippen LogP contribution in [0.4, 0.5) is 0 Å². The first kappa shape index (κ1) is 17.5. The second-order valence-electron chi connectivity index (χ2n) is 6.66. The average molecular weight is 342 g/mol. The minimum Gasteiger partial charge on any atom is -0.370 e. The summed E-state index contributed by atoms with van der Waals surface area (Å²) in [5, 5.41) is 0. The molecular weight excluding hydrogens is 316 g/mol. The van der Waals surface area contributed by atoms with Crippen LogP contribution in [0.2, 0.25) is 0 Å². The summed E-state index contributed by atoms with van der Waals surface area (Å²) in [5.41, 5.74) is 7.10. The first-order chi connectivity index (χ1) is 12.2. The van der Waals surface area contributed by atoms with Gasteiger partial charge in [0, 0.05) is 26.2 Å². The molecule has 0 radical (unpaired) electrons. The maximum atomic E-state index is 12.3. The zero-order valence-corrected chi connectivity index (χ0v) is 14.6. The maximum Gasteiger partial charge on any atom is 0.261 e. The standard InChI is InChI=1S/C19H26N4O2/c20-19(22-12-6-1-2-7-13-22)21-11-5-8-14-23-17(24)15-9-3-4-10-16(15)18(23)25/h3-4,9-10H,1-2,5-8,11-14H2,(H2,20,21). The molecule has 0 saturated carbocycles. The molecule has 25 heavy (non-hydrogen) atoms. The Morgan fingerprint density at radius 2 is 1.56 bits per heavy atom. The fourth-order valence-corrected chi connectivity index (χ4v) is 3.42. The number of hydrogen-bond donors (Lipinski definition) is 1. The van der Waals surface area contributed by atoms with Crippen LogP contribution in [0.15, 0.2) is 29.3 Å². The van der Waals surface area contributed by atoms with E-state index in [1.54, 1.807) is 24.3 Å². The number of hydrogen-bond acceptors (Lipinski definition) is 3. The van der Waals surface area contributed by atoms with Crippen LogP contribution in [-0.2, 0) is 0 Å². The number of likely N-dealkylation sites (tertiary alicyclic amines) is 1. The Hall–Kier alpha value is -2.37. The molecule has 2 N–H and O–H groups in total. The van der Waals surface area contributed by atoms with Crippen LogP contribution in [0.1, 0.15) is 59.2 Å². The lowest BCUT2D eigenvalue weighted by Crippen LogP contribution is -2.38. The molecule has 2 aliphatic rings. The number of nitrogens with zero attached hydrogens (tertiary/aromatic N) is 3. The molecule has 3 rings (SSSR count). The molecule has 6 heteroatoms. The summed E-state index contributed by atoms with van der Waals surface area (Å²) in [4.78, 5) is 32.5. The normalized spacial score (nSPS) is 18.5. The van der Waals surface area contributed by atoms with Crippen molar-refractivity contribution < 1.29 is 9.59 Å². The number of carbonyl (C=O) groups is 2. The van der Waals surface area contributed by atoms with E-state index in [9.17, 15) is 9.59 Å². The van der Waals surface area contributed by atoms with Gasteiger partial charge in [0.05, 0.1) is 11.1 Å². The van der Waals surface area contributed by atoms with Gasteiger partial charge < -0.3 is 10.6 Å². The zero-order chi connectivity index (χ0) is 17.6. The van der Waals surface area contributed by atoms with Crippen molar-refractivity contribution in [2.24, 2.45) is 10.7 Å². The van der Waals surface area contributed by atoms with E-state index in [2.05, 4.69) is 9.89 Å². The van der Waals surface area contributed by atoms with Gasteiger partial charge in [0.25, 0.3) is 11.8 Å². The van der Waals surface area contributed by atoms with Crippen molar-refractivity contribution in [1.29, 1.82) is 0 Å². The fraction of sp³-hybridized carbons (Fsp3) is 0.526. The monoisotopic (exact) mass is 342 g/mol. The van der Waals surface area contributed by atoms with Crippen molar-refractivity contribution >= 4 is 17.8 Å². The van der Waals surface area contributed by atoms with E-state index in [4.69, 9.17) is 5.73 Å². The molecule has 1 aromatic rings. The average Bonchev–Trinajstić information content (AvgIpc) is 2.83. The first-order valence-electron chi connectivity index (χ1n) is 9.18. The Kier molecular flexibility index (Phi) is 5.68. The van der Waals surface area contributed by atoms with E-state index in [1.807, 2.05) is 0 Å².